The van der Waals surface area contributed by atoms with Crippen molar-refractivity contribution in [3.05, 3.63) is 22.8 Å². The van der Waals surface area contributed by atoms with Crippen LogP contribution < -0.4 is 4.90 Å². The summed E-state index contributed by atoms with van der Waals surface area (Å²) in [6.07, 6.45) is 2.77. The van der Waals surface area contributed by atoms with Gasteiger partial charge in [0.1, 0.15) is 16.9 Å². The molecular weight excluding hydrogens is 222 g/mol. The third kappa shape index (κ3) is 1.98. The number of anilines is 1. The molecule has 0 radical (unpaired) electrons. The first-order valence-corrected chi connectivity index (χ1v) is 5.71. The van der Waals surface area contributed by atoms with E-state index in [2.05, 4.69) is 29.8 Å². The summed E-state index contributed by atoms with van der Waals surface area (Å²) in [7, 11) is 0. The Morgan fingerprint density at radius 1 is 1.56 bits per heavy atom. The van der Waals surface area contributed by atoms with Gasteiger partial charge in [0.15, 0.2) is 0 Å². The fourth-order valence-electron chi connectivity index (χ4n) is 2.03. The van der Waals surface area contributed by atoms with Gasteiger partial charge < -0.3 is 4.90 Å². The molecule has 0 saturated carbocycles. The van der Waals surface area contributed by atoms with Crippen LogP contribution in [-0.2, 0) is 0 Å². The monoisotopic (exact) mass is 235 g/mol. The summed E-state index contributed by atoms with van der Waals surface area (Å²) >= 11 is 6.16. The number of nitriles is 1. The molecule has 4 heteroatoms. The largest absolute Gasteiger partial charge is 0.355 e. The van der Waals surface area contributed by atoms with Gasteiger partial charge in [-0.3, -0.25) is 0 Å². The van der Waals surface area contributed by atoms with Gasteiger partial charge in [0.2, 0.25) is 0 Å². The van der Waals surface area contributed by atoms with E-state index < -0.39 is 0 Å². The highest BCUT2D eigenvalue weighted by atomic mass is 35.5. The molecule has 1 aromatic heterocycles. The molecule has 0 aromatic carbocycles. The lowest BCUT2D eigenvalue weighted by Gasteiger charge is -2.21. The fraction of sp³-hybridized carbons (Fsp3) is 0.500. The molecule has 0 spiro atoms. The summed E-state index contributed by atoms with van der Waals surface area (Å²) in [5, 5.41) is 9.38. The zero-order valence-corrected chi connectivity index (χ0v) is 10.3. The van der Waals surface area contributed by atoms with E-state index in [9.17, 15) is 0 Å². The standard InChI is InChI=1S/C12H14ClN3/c1-12(2)4-6-16(8-12)11-10(13)9(7-14)3-5-15-11/h3,5H,4,6,8H2,1-2H3. The molecule has 3 nitrogen and oxygen atoms in total. The summed E-state index contributed by atoms with van der Waals surface area (Å²) in [4.78, 5) is 6.43. The molecule has 16 heavy (non-hydrogen) atoms. The quantitative estimate of drug-likeness (QED) is 0.752. The molecule has 0 unspecified atom stereocenters. The van der Waals surface area contributed by atoms with E-state index in [-0.39, 0.29) is 0 Å². The fourth-order valence-corrected chi connectivity index (χ4v) is 2.31. The Hall–Kier alpha value is -1.27. The third-order valence-electron chi connectivity index (χ3n) is 2.97. The van der Waals surface area contributed by atoms with E-state index in [0.29, 0.717) is 16.0 Å². The molecule has 0 N–H and O–H groups in total. The summed E-state index contributed by atoms with van der Waals surface area (Å²) in [5.41, 5.74) is 0.796. The van der Waals surface area contributed by atoms with Gasteiger partial charge in [-0.05, 0) is 17.9 Å². The molecule has 1 aromatic rings. The van der Waals surface area contributed by atoms with Gasteiger partial charge in [-0.15, -0.1) is 0 Å². The van der Waals surface area contributed by atoms with Crippen molar-refractivity contribution in [2.24, 2.45) is 5.41 Å². The smallest absolute Gasteiger partial charge is 0.148 e. The normalized spacial score (nSPS) is 18.5. The maximum atomic E-state index is 8.91. The van der Waals surface area contributed by atoms with Crippen molar-refractivity contribution in [3.63, 3.8) is 0 Å². The molecular formula is C12H14ClN3. The molecule has 0 aliphatic carbocycles. The summed E-state index contributed by atoms with van der Waals surface area (Å²) in [6.45, 7) is 6.35. The molecule has 0 amide bonds. The molecule has 1 aliphatic rings. The van der Waals surface area contributed by atoms with Gasteiger partial charge in [-0.2, -0.15) is 5.26 Å². The molecule has 2 heterocycles. The van der Waals surface area contributed by atoms with Crippen molar-refractivity contribution in [1.82, 2.24) is 4.98 Å². The van der Waals surface area contributed by atoms with Gasteiger partial charge in [0.25, 0.3) is 0 Å². The predicted octanol–water partition coefficient (Wildman–Crippen LogP) is 2.84. The van der Waals surface area contributed by atoms with Crippen LogP contribution in [0.2, 0.25) is 5.02 Å². The molecule has 1 fully saturated rings. The van der Waals surface area contributed by atoms with Crippen molar-refractivity contribution in [3.8, 4) is 6.07 Å². The van der Waals surface area contributed by atoms with E-state index in [1.54, 1.807) is 12.3 Å². The van der Waals surface area contributed by atoms with Gasteiger partial charge in [-0.1, -0.05) is 25.4 Å². The highest BCUT2D eigenvalue weighted by Crippen LogP contribution is 2.35. The van der Waals surface area contributed by atoms with Gasteiger partial charge in [-0.25, -0.2) is 4.98 Å². The summed E-state index contributed by atoms with van der Waals surface area (Å²) in [6, 6.07) is 3.73. The zero-order chi connectivity index (χ0) is 11.8. The Morgan fingerprint density at radius 3 is 2.88 bits per heavy atom. The summed E-state index contributed by atoms with van der Waals surface area (Å²) in [5.74, 6) is 0.742. The van der Waals surface area contributed by atoms with Crippen LogP contribution in [0, 0.1) is 16.7 Å². The number of hydrogen-bond donors (Lipinski definition) is 0. The van der Waals surface area contributed by atoms with E-state index in [0.717, 1.165) is 25.3 Å². The number of pyridine rings is 1. The Morgan fingerprint density at radius 2 is 2.31 bits per heavy atom. The van der Waals surface area contributed by atoms with Crippen molar-refractivity contribution in [2.75, 3.05) is 18.0 Å². The highest BCUT2D eigenvalue weighted by Gasteiger charge is 2.31. The Kier molecular flexibility index (Phi) is 2.77. The van der Waals surface area contributed by atoms with Crippen LogP contribution >= 0.6 is 11.6 Å². The van der Waals surface area contributed by atoms with Crippen molar-refractivity contribution in [2.45, 2.75) is 20.3 Å². The Bertz CT molecular complexity index is 448. The summed E-state index contributed by atoms with van der Waals surface area (Å²) < 4.78 is 0. The first kappa shape index (κ1) is 11.2. The lowest BCUT2D eigenvalue weighted by atomic mass is 9.93. The molecule has 0 bridgehead atoms. The number of nitrogens with zero attached hydrogens (tertiary/aromatic N) is 3. The maximum absolute atomic E-state index is 8.91. The van der Waals surface area contributed by atoms with Crippen molar-refractivity contribution >= 4 is 17.4 Å². The lowest BCUT2D eigenvalue weighted by molar-refractivity contribution is 0.418. The second-order valence-corrected chi connectivity index (χ2v) is 5.32. The van der Waals surface area contributed by atoms with Crippen LogP contribution in [0.3, 0.4) is 0 Å². The average Bonchev–Trinajstić information content (AvgIpc) is 2.59. The SMILES string of the molecule is CC1(C)CCN(c2nccc(C#N)c2Cl)C1. The number of rotatable bonds is 1. The average molecular weight is 236 g/mol. The van der Waals surface area contributed by atoms with Crippen LogP contribution in [0.5, 0.6) is 0 Å². The molecule has 1 aliphatic heterocycles. The first-order chi connectivity index (χ1) is 7.53. The minimum Gasteiger partial charge on any atom is -0.355 e. The maximum Gasteiger partial charge on any atom is 0.148 e. The zero-order valence-electron chi connectivity index (χ0n) is 9.50. The van der Waals surface area contributed by atoms with Gasteiger partial charge in [0, 0.05) is 19.3 Å². The first-order valence-electron chi connectivity index (χ1n) is 5.33. The second kappa shape index (κ2) is 3.95. The van der Waals surface area contributed by atoms with Gasteiger partial charge in [0.05, 0.1) is 5.56 Å². The van der Waals surface area contributed by atoms with E-state index >= 15 is 0 Å². The minimum absolute atomic E-state index is 0.299. The third-order valence-corrected chi connectivity index (χ3v) is 3.34. The lowest BCUT2D eigenvalue weighted by Crippen LogP contribution is -2.24. The van der Waals surface area contributed by atoms with Crippen molar-refractivity contribution in [1.29, 1.82) is 5.26 Å². The molecule has 0 atom stereocenters. The second-order valence-electron chi connectivity index (χ2n) is 4.94. The van der Waals surface area contributed by atoms with E-state index in [1.165, 1.54) is 0 Å². The number of hydrogen-bond acceptors (Lipinski definition) is 3. The van der Waals surface area contributed by atoms with Crippen LogP contribution in [0.15, 0.2) is 12.3 Å². The minimum atomic E-state index is 0.299. The van der Waals surface area contributed by atoms with E-state index in [1.807, 2.05) is 0 Å². The van der Waals surface area contributed by atoms with Crippen LogP contribution in [0.1, 0.15) is 25.8 Å². The molecule has 84 valence electrons. The Labute approximate surface area is 101 Å². The Balaban J connectivity index is 2.33. The molecule has 2 rings (SSSR count). The number of aromatic nitrogens is 1. The van der Waals surface area contributed by atoms with Crippen LogP contribution in [-0.4, -0.2) is 18.1 Å². The molecule has 1 saturated heterocycles. The number of halogens is 1. The van der Waals surface area contributed by atoms with Crippen LogP contribution in [0.4, 0.5) is 5.82 Å². The highest BCUT2D eigenvalue weighted by molar-refractivity contribution is 6.34. The van der Waals surface area contributed by atoms with Crippen LogP contribution in [0.25, 0.3) is 0 Å². The van der Waals surface area contributed by atoms with Crippen molar-refractivity contribution < 1.29 is 0 Å². The van der Waals surface area contributed by atoms with E-state index in [4.69, 9.17) is 16.9 Å². The van der Waals surface area contributed by atoms with Gasteiger partial charge >= 0.3 is 0 Å². The topological polar surface area (TPSA) is 39.9 Å². The predicted molar refractivity (Wildman–Crippen MR) is 64.6 cm³/mol.